The maximum absolute atomic E-state index is 14.0. The average molecular weight is 1430 g/mol. The molecule has 13 atom stereocenters. The minimum atomic E-state index is -0.807. The fourth-order valence-electron chi connectivity index (χ4n) is 13.1. The maximum Gasteiger partial charge on any atom is 0.410 e. The van der Waals surface area contributed by atoms with Crippen LogP contribution in [0.2, 0.25) is 0 Å². The molecular weight excluding hydrogens is 1310 g/mol. The third-order valence-electron chi connectivity index (χ3n) is 20.1. The number of anilines is 1. The molecule has 568 valence electrons. The Bertz CT molecular complexity index is 2950. The number of urea groups is 1. The number of hydrogen-bond donors (Lipinski definition) is 5. The summed E-state index contributed by atoms with van der Waals surface area (Å²) in [6.45, 7) is 26.2. The lowest BCUT2D eigenvalue weighted by Crippen LogP contribution is -2.54. The van der Waals surface area contributed by atoms with Crippen molar-refractivity contribution in [1.82, 2.24) is 30.2 Å². The van der Waals surface area contributed by atoms with Gasteiger partial charge >= 0.3 is 12.1 Å². The zero-order chi connectivity index (χ0) is 75.8. The number of benzene rings is 2. The average Bonchev–Trinajstić information content (AvgIpc) is 1.81. The largest absolute Gasteiger partial charge is 0.445 e. The Labute approximate surface area is 606 Å². The quantitative estimate of drug-likeness (QED) is 0.0304. The van der Waals surface area contributed by atoms with Gasteiger partial charge in [-0.1, -0.05) is 138 Å². The van der Waals surface area contributed by atoms with Gasteiger partial charge in [0.15, 0.2) is 5.78 Å². The molecule has 2 aromatic rings. The lowest BCUT2D eigenvalue weighted by Gasteiger charge is -2.40. The number of hydrogen-bond acceptors (Lipinski definition) is 16. The summed E-state index contributed by atoms with van der Waals surface area (Å²) in [5.74, 6) is -2.45. The number of Topliss-reactive ketones (excluding diaryl/α,β-unsaturated/α-hetero) is 3. The van der Waals surface area contributed by atoms with Crippen LogP contribution < -0.4 is 21.7 Å². The van der Waals surface area contributed by atoms with Crippen LogP contribution in [-0.4, -0.2) is 185 Å². The number of nitrogens with zero attached hydrogens (tertiary/aromatic N) is 4. The summed E-state index contributed by atoms with van der Waals surface area (Å²) < 4.78 is 17.3. The molecule has 9 amide bonds. The second kappa shape index (κ2) is 45.4. The van der Waals surface area contributed by atoms with E-state index in [-0.39, 0.29) is 164 Å². The standard InChI is InChI=1S/C40H64N6O8S.C37H60N2O7/c1-8-9-22-55-33-24-35(49)46(38(33)51)21-12-10-11-15-34(48)44-36(27(4)5)32(47)23-30(14-13-20-42-39(41)52)37(50)43-31-18-16-29(17-19-31)25-54-40(53)45(7)28(6)26(2)3;1-11-24(4)34(38(8)37(44)29(23(2)3)21-26(6)40)32(45-9)22-33(42)39-19-15-18-30(39)36(46-10)27(7)31(41)20-25(5)35(43)28-16-13-12-14-17-28/h16-19,26-28,30,33,36H,8-15,20-25H2,1-7H3,(H,43,50)(H,44,48)(H3,41,42,52);12-14,16-17,23-25,27,29-30,32,34-36,43H,11,15,18-22H2,1-10H3/t28-,30-,33?,36+;24-,25-,27-,29-,30-,32+,34-,35+,36+/m10/s1. The predicted octanol–water partition coefficient (Wildman–Crippen LogP) is 11.1. The molecule has 4 rings (SSSR count). The number of aliphatic hydroxyl groups is 1. The molecular formula is C77H124N8O15S. The highest BCUT2D eigenvalue weighted by molar-refractivity contribution is 8.00. The van der Waals surface area contributed by atoms with Crippen LogP contribution in [0.4, 0.5) is 15.3 Å². The third-order valence-corrected chi connectivity index (χ3v) is 21.4. The number of thioether (sulfide) groups is 1. The van der Waals surface area contributed by atoms with E-state index in [1.165, 1.54) is 11.8 Å². The van der Waals surface area contributed by atoms with E-state index >= 15 is 0 Å². The number of amides is 9. The van der Waals surface area contributed by atoms with Gasteiger partial charge in [0, 0.05) is 110 Å². The number of carbonyl (C=O) groups excluding carboxylic acids is 11. The summed E-state index contributed by atoms with van der Waals surface area (Å²) in [5.41, 5.74) is 7.20. The van der Waals surface area contributed by atoms with Gasteiger partial charge in [-0.15, -0.1) is 11.8 Å². The van der Waals surface area contributed by atoms with Crippen LogP contribution in [0.3, 0.4) is 0 Å². The molecule has 2 aliphatic heterocycles. The van der Waals surface area contributed by atoms with Crippen LogP contribution in [-0.2, 0) is 64.0 Å². The number of unbranched alkanes of at least 4 members (excludes halogenated alkanes) is 3. The number of carbonyl (C=O) groups is 11. The van der Waals surface area contributed by atoms with Crippen LogP contribution in [0.25, 0.3) is 0 Å². The van der Waals surface area contributed by atoms with E-state index in [1.807, 2.05) is 97.5 Å². The molecule has 24 heteroatoms. The Balaban J connectivity index is 0.000000534. The van der Waals surface area contributed by atoms with Gasteiger partial charge in [0.1, 0.15) is 18.2 Å². The van der Waals surface area contributed by atoms with Crippen LogP contribution in [0, 0.1) is 47.3 Å². The summed E-state index contributed by atoms with van der Waals surface area (Å²) in [4.78, 5) is 148. The van der Waals surface area contributed by atoms with Crippen molar-refractivity contribution in [3.63, 3.8) is 0 Å². The van der Waals surface area contributed by atoms with Crippen molar-refractivity contribution in [2.24, 2.45) is 53.1 Å². The topological polar surface area (TPSA) is 311 Å². The number of ether oxygens (including phenoxy) is 3. The van der Waals surface area contributed by atoms with E-state index in [1.54, 1.807) is 74.1 Å². The summed E-state index contributed by atoms with van der Waals surface area (Å²) in [6.07, 6.45) is 5.32. The SMILES string of the molecule is CCCCSC1CC(=O)N(CCCCCC(=O)N[C@H](C(=O)C[C@@H](CCCNC(N)=O)C(=O)Nc2ccc(COC(=O)N(C)[C@H](C)C(C)C)cc2)C(C)C)C1=O.CC[C@H](C)[C@@H]([C@@H](CC(=O)N1CCC[C@H]1[C@H](OC)[C@@H](C)C(=O)C[C@H](C)[C@@H](O)c1ccccc1)OC)N(C)C(=O)[C@@H](CC(C)=O)C(C)C. The summed E-state index contributed by atoms with van der Waals surface area (Å²) >= 11 is 1.55. The van der Waals surface area contributed by atoms with Gasteiger partial charge in [-0.3, -0.25) is 43.3 Å². The molecule has 0 radical (unpaired) electrons. The number of rotatable bonds is 44. The van der Waals surface area contributed by atoms with E-state index < -0.39 is 54.2 Å². The fourth-order valence-corrected chi connectivity index (χ4v) is 14.4. The lowest BCUT2D eigenvalue weighted by atomic mass is 9.85. The van der Waals surface area contributed by atoms with E-state index in [2.05, 4.69) is 36.7 Å². The van der Waals surface area contributed by atoms with Crippen LogP contribution in [0.15, 0.2) is 54.6 Å². The van der Waals surface area contributed by atoms with Crippen molar-refractivity contribution in [3.05, 3.63) is 65.7 Å². The smallest absolute Gasteiger partial charge is 0.410 e. The second-order valence-corrected chi connectivity index (χ2v) is 30.2. The van der Waals surface area contributed by atoms with Crippen molar-refractivity contribution in [3.8, 4) is 0 Å². The van der Waals surface area contributed by atoms with Gasteiger partial charge in [0.25, 0.3) is 0 Å². The first-order valence-corrected chi connectivity index (χ1v) is 37.8. The highest BCUT2D eigenvalue weighted by atomic mass is 32.2. The van der Waals surface area contributed by atoms with Gasteiger partial charge in [-0.25, -0.2) is 9.59 Å². The van der Waals surface area contributed by atoms with E-state index in [9.17, 15) is 57.8 Å². The van der Waals surface area contributed by atoms with Gasteiger partial charge in [0.05, 0.1) is 48.1 Å². The van der Waals surface area contributed by atoms with Gasteiger partial charge in [-0.2, -0.15) is 0 Å². The maximum atomic E-state index is 14.0. The number of nitrogens with two attached hydrogens (primary N) is 1. The number of likely N-dealkylation sites (N-methyl/N-ethyl adjacent to an activating group) is 1. The number of primary amides is 1. The first-order chi connectivity index (χ1) is 47.7. The Kier molecular flexibility index (Phi) is 39.7. The number of ketones is 3. The zero-order valence-electron chi connectivity index (χ0n) is 63.7. The first-order valence-electron chi connectivity index (χ1n) is 36.7. The van der Waals surface area contributed by atoms with Crippen molar-refractivity contribution >= 4 is 82.4 Å². The number of likely N-dealkylation sites (tertiary alicyclic amines) is 2. The Hall–Kier alpha value is -6.76. The molecule has 1 unspecified atom stereocenters. The summed E-state index contributed by atoms with van der Waals surface area (Å²) in [7, 11) is 6.62. The molecule has 2 heterocycles. The Morgan fingerprint density at radius 3 is 1.99 bits per heavy atom. The summed E-state index contributed by atoms with van der Waals surface area (Å²) in [5, 5.41) is 18.8. The van der Waals surface area contributed by atoms with Crippen LogP contribution in [0.5, 0.6) is 0 Å². The molecule has 0 saturated carbocycles. The van der Waals surface area contributed by atoms with Crippen molar-refractivity contribution < 1.29 is 72.1 Å². The van der Waals surface area contributed by atoms with E-state index in [0.717, 1.165) is 49.0 Å². The molecule has 2 fully saturated rings. The predicted molar refractivity (Wildman–Crippen MR) is 395 cm³/mol. The van der Waals surface area contributed by atoms with Crippen LogP contribution >= 0.6 is 11.8 Å². The van der Waals surface area contributed by atoms with E-state index in [4.69, 9.17) is 19.9 Å². The molecule has 23 nitrogen and oxygen atoms in total. The Morgan fingerprint density at radius 2 is 1.42 bits per heavy atom. The third kappa shape index (κ3) is 28.8. The molecule has 0 aliphatic carbocycles. The minimum Gasteiger partial charge on any atom is -0.445 e. The molecule has 0 aromatic heterocycles. The van der Waals surface area contributed by atoms with Gasteiger partial charge in [0.2, 0.25) is 35.4 Å². The summed E-state index contributed by atoms with van der Waals surface area (Å²) in [6, 6.07) is 14.1. The fraction of sp³-hybridized carbons (Fsp3) is 0.701. The van der Waals surface area contributed by atoms with Crippen molar-refractivity contribution in [2.75, 3.05) is 59.0 Å². The highest BCUT2D eigenvalue weighted by Gasteiger charge is 2.44. The molecule has 0 bridgehead atoms. The molecule has 2 saturated heterocycles. The molecule has 6 N–H and O–H groups in total. The number of imide groups is 1. The lowest BCUT2D eigenvalue weighted by molar-refractivity contribution is -0.148. The van der Waals surface area contributed by atoms with Crippen molar-refractivity contribution in [1.29, 1.82) is 0 Å². The molecule has 2 aromatic carbocycles. The Morgan fingerprint density at radius 1 is 0.752 bits per heavy atom. The second-order valence-electron chi connectivity index (χ2n) is 28.9. The number of aliphatic hydroxyl groups excluding tert-OH is 1. The minimum absolute atomic E-state index is 0.00867. The van der Waals surface area contributed by atoms with Gasteiger partial charge in [-0.05, 0) is 117 Å². The van der Waals surface area contributed by atoms with Gasteiger partial charge < -0.3 is 60.5 Å². The van der Waals surface area contributed by atoms with Crippen LogP contribution in [0.1, 0.15) is 210 Å². The molecule has 0 spiro atoms. The first kappa shape index (κ1) is 88.5. The monoisotopic (exact) mass is 1430 g/mol. The molecule has 2 aliphatic rings. The number of methoxy groups -OCH3 is 2. The normalized spacial score (nSPS) is 17.9. The zero-order valence-corrected chi connectivity index (χ0v) is 64.5. The molecule has 101 heavy (non-hydrogen) atoms. The van der Waals surface area contributed by atoms with Crippen molar-refractivity contribution in [2.45, 2.75) is 247 Å². The number of nitrogens with one attached hydrogen (secondary N) is 3. The highest BCUT2D eigenvalue weighted by Crippen LogP contribution is 2.34. The van der Waals surface area contributed by atoms with E-state index in [0.29, 0.717) is 44.5 Å².